The Morgan fingerprint density at radius 2 is 1.68 bits per heavy atom. The van der Waals surface area contributed by atoms with E-state index in [4.69, 9.17) is 0 Å². The fourth-order valence-electron chi connectivity index (χ4n) is 2.42. The fourth-order valence-corrected chi connectivity index (χ4v) is 3.31. The molecule has 1 aromatic heterocycles. The van der Waals surface area contributed by atoms with Crippen LogP contribution in [0.25, 0.3) is 10.2 Å². The summed E-state index contributed by atoms with van der Waals surface area (Å²) in [5, 5.41) is 0. The van der Waals surface area contributed by atoms with Crippen molar-refractivity contribution in [2.24, 2.45) is 0 Å². The van der Waals surface area contributed by atoms with Gasteiger partial charge in [0, 0.05) is 0 Å². The summed E-state index contributed by atoms with van der Waals surface area (Å²) in [5.41, 5.74) is 4.75. The van der Waals surface area contributed by atoms with Crippen molar-refractivity contribution in [2.75, 3.05) is 0 Å². The second kappa shape index (κ2) is 4.67. The lowest BCUT2D eigenvalue weighted by Crippen LogP contribution is -2.15. The minimum Gasteiger partial charge on any atom is -0.294 e. The predicted octanol–water partition coefficient (Wildman–Crippen LogP) is 3.73. The van der Waals surface area contributed by atoms with Crippen LogP contribution in [0.5, 0.6) is 0 Å². The van der Waals surface area contributed by atoms with Crippen LogP contribution < -0.4 is 4.87 Å². The van der Waals surface area contributed by atoms with E-state index in [0.29, 0.717) is 6.54 Å². The topological polar surface area (TPSA) is 22.0 Å². The van der Waals surface area contributed by atoms with Gasteiger partial charge in [0.05, 0.1) is 16.8 Å². The first-order valence-corrected chi connectivity index (χ1v) is 7.12. The lowest BCUT2D eigenvalue weighted by atomic mass is 10.0. The highest BCUT2D eigenvalue weighted by Crippen LogP contribution is 2.20. The van der Waals surface area contributed by atoms with Crippen LogP contribution in [0.15, 0.2) is 47.3 Å². The number of nitrogens with zero attached hydrogens (tertiary/aromatic N) is 1. The van der Waals surface area contributed by atoms with Gasteiger partial charge in [0.25, 0.3) is 0 Å². The SMILES string of the molecule is Cc1cccc(C)c1Cn1c(=O)sc2ccccc21. The maximum atomic E-state index is 12.1. The third-order valence-corrected chi connectivity index (χ3v) is 4.49. The van der Waals surface area contributed by atoms with Gasteiger partial charge >= 0.3 is 4.87 Å². The average Bonchev–Trinajstić information content (AvgIpc) is 2.70. The molecule has 0 N–H and O–H groups in total. The summed E-state index contributed by atoms with van der Waals surface area (Å²) >= 11 is 1.32. The number of aromatic nitrogens is 1. The molecule has 19 heavy (non-hydrogen) atoms. The van der Waals surface area contributed by atoms with Gasteiger partial charge < -0.3 is 0 Å². The number of hydrogen-bond donors (Lipinski definition) is 0. The van der Waals surface area contributed by atoms with E-state index in [0.717, 1.165) is 10.2 Å². The highest BCUT2D eigenvalue weighted by Gasteiger charge is 2.09. The molecule has 0 aliphatic heterocycles. The smallest absolute Gasteiger partial charge is 0.294 e. The second-order valence-corrected chi connectivity index (χ2v) is 5.79. The Morgan fingerprint density at radius 1 is 1.00 bits per heavy atom. The third-order valence-electron chi connectivity index (χ3n) is 3.53. The van der Waals surface area contributed by atoms with Gasteiger partial charge in [-0.15, -0.1) is 0 Å². The summed E-state index contributed by atoms with van der Waals surface area (Å²) in [5.74, 6) is 0. The molecule has 0 saturated heterocycles. The molecule has 0 aliphatic rings. The van der Waals surface area contributed by atoms with Crippen molar-refractivity contribution in [1.82, 2.24) is 4.57 Å². The van der Waals surface area contributed by atoms with Crippen LogP contribution in [0, 0.1) is 13.8 Å². The van der Waals surface area contributed by atoms with Gasteiger partial charge in [-0.2, -0.15) is 0 Å². The second-order valence-electron chi connectivity index (χ2n) is 4.79. The summed E-state index contributed by atoms with van der Waals surface area (Å²) in [7, 11) is 0. The van der Waals surface area contributed by atoms with Crippen molar-refractivity contribution in [3.63, 3.8) is 0 Å². The monoisotopic (exact) mass is 269 g/mol. The number of benzene rings is 2. The zero-order chi connectivity index (χ0) is 13.4. The van der Waals surface area contributed by atoms with Crippen molar-refractivity contribution >= 4 is 21.6 Å². The molecule has 3 rings (SSSR count). The molecular formula is C16H15NOS. The summed E-state index contributed by atoms with van der Waals surface area (Å²) in [6.07, 6.45) is 0. The van der Waals surface area contributed by atoms with E-state index >= 15 is 0 Å². The molecule has 0 atom stereocenters. The van der Waals surface area contributed by atoms with Gasteiger partial charge in [0.1, 0.15) is 0 Å². The standard InChI is InChI=1S/C16H15NOS/c1-11-6-5-7-12(2)13(11)10-17-14-8-3-4-9-15(14)19-16(17)18/h3-9H,10H2,1-2H3. The van der Waals surface area contributed by atoms with Crippen LogP contribution in [0.3, 0.4) is 0 Å². The molecule has 3 heteroatoms. The van der Waals surface area contributed by atoms with Gasteiger partial charge in [-0.3, -0.25) is 9.36 Å². The summed E-state index contributed by atoms with van der Waals surface area (Å²) < 4.78 is 2.92. The third kappa shape index (κ3) is 2.10. The Labute approximate surface area is 115 Å². The zero-order valence-electron chi connectivity index (χ0n) is 11.0. The van der Waals surface area contributed by atoms with Crippen molar-refractivity contribution < 1.29 is 0 Å². The molecule has 96 valence electrons. The van der Waals surface area contributed by atoms with Crippen molar-refractivity contribution in [2.45, 2.75) is 20.4 Å². The first kappa shape index (κ1) is 12.2. The summed E-state index contributed by atoms with van der Waals surface area (Å²) in [6.45, 7) is 4.85. The van der Waals surface area contributed by atoms with Crippen molar-refractivity contribution in [3.8, 4) is 0 Å². The van der Waals surface area contributed by atoms with Crippen LogP contribution in [0.2, 0.25) is 0 Å². The first-order chi connectivity index (χ1) is 9.16. The molecular weight excluding hydrogens is 254 g/mol. The van der Waals surface area contributed by atoms with Crippen LogP contribution in [-0.4, -0.2) is 4.57 Å². The Morgan fingerprint density at radius 3 is 2.42 bits per heavy atom. The Balaban J connectivity index is 2.16. The van der Waals surface area contributed by atoms with Crippen LogP contribution in [0.4, 0.5) is 0 Å². The first-order valence-electron chi connectivity index (χ1n) is 6.30. The average molecular weight is 269 g/mol. The minimum absolute atomic E-state index is 0.115. The van der Waals surface area contributed by atoms with Crippen LogP contribution >= 0.6 is 11.3 Å². The molecule has 0 spiro atoms. The number of para-hydroxylation sites is 1. The molecule has 0 amide bonds. The highest BCUT2D eigenvalue weighted by molar-refractivity contribution is 7.16. The summed E-state index contributed by atoms with van der Waals surface area (Å²) in [6, 6.07) is 14.2. The molecule has 0 saturated carbocycles. The van der Waals surface area contributed by atoms with Crippen molar-refractivity contribution in [3.05, 3.63) is 68.8 Å². The van der Waals surface area contributed by atoms with Gasteiger partial charge in [0.2, 0.25) is 0 Å². The van der Waals surface area contributed by atoms with E-state index in [9.17, 15) is 4.79 Å². The number of rotatable bonds is 2. The molecule has 2 nitrogen and oxygen atoms in total. The zero-order valence-corrected chi connectivity index (χ0v) is 11.8. The molecule has 0 aliphatic carbocycles. The van der Waals surface area contributed by atoms with E-state index in [-0.39, 0.29) is 4.87 Å². The lowest BCUT2D eigenvalue weighted by Gasteiger charge is -2.10. The van der Waals surface area contributed by atoms with E-state index in [1.807, 2.05) is 28.8 Å². The van der Waals surface area contributed by atoms with Gasteiger partial charge in [-0.05, 0) is 42.7 Å². The molecule has 2 aromatic carbocycles. The molecule has 0 unspecified atom stereocenters. The molecule has 3 aromatic rings. The van der Waals surface area contributed by atoms with E-state index < -0.39 is 0 Å². The minimum atomic E-state index is 0.115. The maximum Gasteiger partial charge on any atom is 0.308 e. The number of thiazole rings is 1. The molecule has 0 fully saturated rings. The van der Waals surface area contributed by atoms with Crippen LogP contribution in [0.1, 0.15) is 16.7 Å². The number of hydrogen-bond acceptors (Lipinski definition) is 2. The molecule has 0 radical (unpaired) electrons. The molecule has 0 bridgehead atoms. The van der Waals surface area contributed by atoms with Crippen molar-refractivity contribution in [1.29, 1.82) is 0 Å². The van der Waals surface area contributed by atoms with Crippen LogP contribution in [-0.2, 0) is 6.54 Å². The Kier molecular flexibility index (Phi) is 2.99. The van der Waals surface area contributed by atoms with E-state index in [2.05, 4.69) is 32.0 Å². The normalized spacial score (nSPS) is 11.1. The van der Waals surface area contributed by atoms with E-state index in [1.165, 1.54) is 28.0 Å². The Hall–Kier alpha value is -1.87. The number of fused-ring (bicyclic) bond motifs is 1. The number of aryl methyl sites for hydroxylation is 2. The van der Waals surface area contributed by atoms with Gasteiger partial charge in [-0.1, -0.05) is 41.7 Å². The highest BCUT2D eigenvalue weighted by atomic mass is 32.1. The quantitative estimate of drug-likeness (QED) is 0.695. The van der Waals surface area contributed by atoms with E-state index in [1.54, 1.807) is 0 Å². The largest absolute Gasteiger partial charge is 0.308 e. The van der Waals surface area contributed by atoms with Gasteiger partial charge in [0.15, 0.2) is 0 Å². The predicted molar refractivity (Wildman–Crippen MR) is 81.1 cm³/mol. The summed E-state index contributed by atoms with van der Waals surface area (Å²) in [4.78, 5) is 12.3. The Bertz CT molecular complexity index is 778. The maximum absolute atomic E-state index is 12.1. The lowest BCUT2D eigenvalue weighted by molar-refractivity contribution is 0.804. The fraction of sp³-hybridized carbons (Fsp3) is 0.188. The van der Waals surface area contributed by atoms with Gasteiger partial charge in [-0.25, -0.2) is 0 Å². The molecule has 1 heterocycles.